The van der Waals surface area contributed by atoms with E-state index >= 15 is 0 Å². The van der Waals surface area contributed by atoms with Crippen LogP contribution in [0.15, 0.2) is 5.16 Å². The lowest BCUT2D eigenvalue weighted by Crippen LogP contribution is -2.08. The predicted molar refractivity (Wildman–Crippen MR) is 82.4 cm³/mol. The molecule has 4 nitrogen and oxygen atoms in total. The molecule has 4 heteroatoms. The summed E-state index contributed by atoms with van der Waals surface area (Å²) in [6.07, 6.45) is 0. The third-order valence-electron chi connectivity index (χ3n) is 4.06. The molecule has 1 aromatic heterocycles. The first-order valence-corrected chi connectivity index (χ1v) is 6.71. The molecule has 0 spiro atoms. The minimum Gasteiger partial charge on any atom is -0.399 e. The second-order valence-electron chi connectivity index (χ2n) is 5.22. The molecule has 1 aromatic carbocycles. The fraction of sp³-hybridized carbons (Fsp3) is 0.438. The van der Waals surface area contributed by atoms with Gasteiger partial charge in [0.1, 0.15) is 12.8 Å². The zero-order chi connectivity index (χ0) is 15.0. The van der Waals surface area contributed by atoms with E-state index in [0.717, 1.165) is 16.6 Å². The Morgan fingerprint density at radius 1 is 0.900 bits per heavy atom. The van der Waals surface area contributed by atoms with Crippen LogP contribution in [0.4, 0.5) is 0 Å². The van der Waals surface area contributed by atoms with Gasteiger partial charge in [0.2, 0.25) is 0 Å². The second-order valence-corrected chi connectivity index (χ2v) is 5.22. The van der Waals surface area contributed by atoms with Gasteiger partial charge in [0.15, 0.2) is 5.82 Å². The molecule has 0 atom stereocenters. The van der Waals surface area contributed by atoms with E-state index in [1.54, 1.807) is 0 Å². The Kier molecular flexibility index (Phi) is 3.75. The molecule has 20 heavy (non-hydrogen) atoms. The van der Waals surface area contributed by atoms with Crippen molar-refractivity contribution in [3.63, 3.8) is 0 Å². The van der Waals surface area contributed by atoms with Gasteiger partial charge in [-0.05, 0) is 63.8 Å². The Balaban J connectivity index is 2.88. The summed E-state index contributed by atoms with van der Waals surface area (Å²) in [5.41, 5.74) is 7.76. The first-order valence-electron chi connectivity index (χ1n) is 6.71. The average Bonchev–Trinajstić information content (AvgIpc) is 2.42. The van der Waals surface area contributed by atoms with Crippen LogP contribution >= 0.6 is 0 Å². The van der Waals surface area contributed by atoms with Crippen molar-refractivity contribution in [2.75, 3.05) is 7.11 Å². The lowest BCUT2D eigenvalue weighted by molar-refractivity contribution is 0.213. The van der Waals surface area contributed by atoms with E-state index < -0.39 is 0 Å². The summed E-state index contributed by atoms with van der Waals surface area (Å²) < 4.78 is 0. The highest BCUT2D eigenvalue weighted by Gasteiger charge is 2.15. The molecular formula is C16H21N3O. The Hall–Kier alpha value is -1.97. The summed E-state index contributed by atoms with van der Waals surface area (Å²) in [6.45, 7) is 12.4. The smallest absolute Gasteiger partial charge is 0.177 e. The van der Waals surface area contributed by atoms with Crippen molar-refractivity contribution in [3.05, 3.63) is 33.8 Å². The van der Waals surface area contributed by atoms with E-state index in [1.165, 1.54) is 29.4 Å². The first kappa shape index (κ1) is 14.4. The first-order chi connectivity index (χ1) is 9.38. The van der Waals surface area contributed by atoms with Crippen LogP contribution < -0.4 is 0 Å². The highest BCUT2D eigenvalue weighted by Crippen LogP contribution is 2.29. The zero-order valence-electron chi connectivity index (χ0n) is 13.2. The quantitative estimate of drug-likeness (QED) is 0.620. The van der Waals surface area contributed by atoms with Crippen LogP contribution in [0.5, 0.6) is 0 Å². The third-order valence-corrected chi connectivity index (χ3v) is 4.06. The van der Waals surface area contributed by atoms with Crippen molar-refractivity contribution in [1.82, 2.24) is 9.97 Å². The Morgan fingerprint density at radius 2 is 1.50 bits per heavy atom. The lowest BCUT2D eigenvalue weighted by atomic mass is 9.94. The van der Waals surface area contributed by atoms with Crippen LogP contribution in [0.2, 0.25) is 0 Å². The Bertz CT molecular complexity index is 718. The van der Waals surface area contributed by atoms with E-state index in [-0.39, 0.29) is 0 Å². The molecule has 2 rings (SSSR count). The second kappa shape index (κ2) is 5.19. The SMILES string of the molecule is CO/N=C(\C)c1nc(C)c2c(C)c(C)c(C)c(C)c2n1. The van der Waals surface area contributed by atoms with Crippen LogP contribution in [0.3, 0.4) is 0 Å². The molecule has 0 radical (unpaired) electrons. The van der Waals surface area contributed by atoms with Crippen LogP contribution in [0, 0.1) is 34.6 Å². The number of benzene rings is 1. The molecule has 0 bridgehead atoms. The largest absolute Gasteiger partial charge is 0.399 e. The van der Waals surface area contributed by atoms with Crippen LogP contribution in [-0.2, 0) is 4.84 Å². The number of aryl methyl sites for hydroxylation is 3. The van der Waals surface area contributed by atoms with E-state index in [1.807, 2.05) is 13.8 Å². The van der Waals surface area contributed by atoms with Gasteiger partial charge in [-0.15, -0.1) is 0 Å². The average molecular weight is 271 g/mol. The maximum Gasteiger partial charge on any atom is 0.177 e. The van der Waals surface area contributed by atoms with Crippen molar-refractivity contribution in [3.8, 4) is 0 Å². The molecular weight excluding hydrogens is 250 g/mol. The molecule has 0 N–H and O–H groups in total. The van der Waals surface area contributed by atoms with Crippen LogP contribution in [0.1, 0.15) is 40.7 Å². The summed E-state index contributed by atoms with van der Waals surface area (Å²) in [5, 5.41) is 5.08. The van der Waals surface area contributed by atoms with E-state index in [9.17, 15) is 0 Å². The summed E-state index contributed by atoms with van der Waals surface area (Å²) in [4.78, 5) is 14.1. The molecule has 0 fully saturated rings. The minimum absolute atomic E-state index is 0.627. The van der Waals surface area contributed by atoms with E-state index in [4.69, 9.17) is 9.82 Å². The van der Waals surface area contributed by atoms with Crippen LogP contribution in [-0.4, -0.2) is 22.8 Å². The summed E-state index contributed by atoms with van der Waals surface area (Å²) in [7, 11) is 1.53. The molecule has 0 unspecified atom stereocenters. The van der Waals surface area contributed by atoms with Gasteiger partial charge in [0, 0.05) is 11.1 Å². The molecule has 0 saturated heterocycles. The summed E-state index contributed by atoms with van der Waals surface area (Å²) >= 11 is 0. The van der Waals surface area contributed by atoms with Crippen molar-refractivity contribution in [2.24, 2.45) is 5.16 Å². The molecule has 1 heterocycles. The third kappa shape index (κ3) is 2.15. The number of nitrogens with zero attached hydrogens (tertiary/aromatic N) is 3. The maximum atomic E-state index is 4.81. The van der Waals surface area contributed by atoms with Gasteiger partial charge in [-0.1, -0.05) is 5.16 Å². The lowest BCUT2D eigenvalue weighted by Gasteiger charge is -2.15. The minimum atomic E-state index is 0.627. The van der Waals surface area contributed by atoms with E-state index in [2.05, 4.69) is 37.8 Å². The van der Waals surface area contributed by atoms with Gasteiger partial charge >= 0.3 is 0 Å². The molecule has 0 saturated carbocycles. The molecule has 0 amide bonds. The summed E-state index contributed by atoms with van der Waals surface area (Å²) in [5.74, 6) is 0.627. The fourth-order valence-electron chi connectivity index (χ4n) is 2.56. The van der Waals surface area contributed by atoms with Gasteiger partial charge < -0.3 is 4.84 Å². The Labute approximate surface area is 119 Å². The number of rotatable bonds is 2. The van der Waals surface area contributed by atoms with Gasteiger partial charge in [-0.3, -0.25) is 0 Å². The number of hydrogen-bond donors (Lipinski definition) is 0. The molecule has 0 aliphatic heterocycles. The normalized spacial score (nSPS) is 12.1. The van der Waals surface area contributed by atoms with E-state index in [0.29, 0.717) is 11.5 Å². The van der Waals surface area contributed by atoms with Gasteiger partial charge in [0.05, 0.1) is 5.52 Å². The monoisotopic (exact) mass is 271 g/mol. The molecule has 2 aromatic rings. The molecule has 0 aliphatic carbocycles. The number of hydrogen-bond acceptors (Lipinski definition) is 4. The fourth-order valence-corrected chi connectivity index (χ4v) is 2.56. The number of fused-ring (bicyclic) bond motifs is 1. The topological polar surface area (TPSA) is 47.4 Å². The van der Waals surface area contributed by atoms with Crippen molar-refractivity contribution in [1.29, 1.82) is 0 Å². The summed E-state index contributed by atoms with van der Waals surface area (Å²) in [6, 6.07) is 0. The Morgan fingerprint density at radius 3 is 2.10 bits per heavy atom. The van der Waals surface area contributed by atoms with Gasteiger partial charge in [-0.25, -0.2) is 9.97 Å². The van der Waals surface area contributed by atoms with Crippen molar-refractivity contribution < 1.29 is 4.84 Å². The standard InChI is InChI=1S/C16H21N3O/c1-8-9(2)11(4)15-14(10(8)3)12(5)17-16(18-15)13(6)19-20-7/h1-7H3/b19-13+. The van der Waals surface area contributed by atoms with Crippen molar-refractivity contribution in [2.45, 2.75) is 41.5 Å². The van der Waals surface area contributed by atoms with Gasteiger partial charge in [-0.2, -0.15) is 0 Å². The predicted octanol–water partition coefficient (Wildman–Crippen LogP) is 3.54. The number of aromatic nitrogens is 2. The zero-order valence-corrected chi connectivity index (χ0v) is 13.2. The highest BCUT2D eigenvalue weighted by atomic mass is 16.6. The highest BCUT2D eigenvalue weighted by molar-refractivity contribution is 5.98. The molecule has 106 valence electrons. The van der Waals surface area contributed by atoms with Gasteiger partial charge in [0.25, 0.3) is 0 Å². The van der Waals surface area contributed by atoms with Crippen LogP contribution in [0.25, 0.3) is 10.9 Å². The van der Waals surface area contributed by atoms with Crippen molar-refractivity contribution >= 4 is 16.6 Å². The maximum absolute atomic E-state index is 4.81. The molecule has 0 aliphatic rings. The number of oxime groups is 1.